The molecule has 0 radical (unpaired) electrons. The van der Waals surface area contributed by atoms with E-state index in [1.807, 2.05) is 0 Å². The van der Waals surface area contributed by atoms with E-state index in [9.17, 15) is 14.6 Å². The van der Waals surface area contributed by atoms with Crippen molar-refractivity contribution in [2.24, 2.45) is 0 Å². The average Bonchev–Trinajstić information content (AvgIpc) is 1.63. The van der Waals surface area contributed by atoms with Crippen LogP contribution >= 0.6 is 7.92 Å². The number of hydrogen-bond donors (Lipinski definition) is 2. The molecule has 50 valence electrons. The van der Waals surface area contributed by atoms with Gasteiger partial charge in [0, 0.05) is 0 Å². The molecular weight excluding hydrogens is 145 g/mol. The fourth-order valence-electron chi connectivity index (χ4n) is 0.228. The summed E-state index contributed by atoms with van der Waals surface area (Å²) in [6, 6.07) is 0. The predicted octanol–water partition coefficient (Wildman–Crippen LogP) is -1.34. The van der Waals surface area contributed by atoms with Gasteiger partial charge in [-0.3, -0.25) is 0 Å². The van der Waals surface area contributed by atoms with E-state index in [0.717, 1.165) is 0 Å². The standard InChI is InChI=1S/C3H4NO4P/c5-3(6)1-4(7)2-9-8/h4H,1H2,(H,5,6). The molecule has 5 nitrogen and oxygen atoms in total. The second-order valence-corrected chi connectivity index (χ2v) is 1.60. The van der Waals surface area contributed by atoms with Gasteiger partial charge in [-0.2, -0.15) is 0 Å². The van der Waals surface area contributed by atoms with Crippen LogP contribution in [-0.2, 0) is 9.36 Å². The van der Waals surface area contributed by atoms with Crippen molar-refractivity contribution in [2.75, 3.05) is 6.54 Å². The van der Waals surface area contributed by atoms with Gasteiger partial charge in [0.05, 0.1) is 0 Å². The third kappa shape index (κ3) is 5.27. The van der Waals surface area contributed by atoms with Crippen LogP contribution in [0.1, 0.15) is 0 Å². The van der Waals surface area contributed by atoms with Crippen molar-refractivity contribution in [2.45, 2.75) is 0 Å². The Labute approximate surface area is 52.0 Å². The van der Waals surface area contributed by atoms with Crippen LogP contribution in [0.2, 0.25) is 0 Å². The summed E-state index contributed by atoms with van der Waals surface area (Å²) in [5.74, 6) is 0.534. The summed E-state index contributed by atoms with van der Waals surface area (Å²) >= 11 is 0. The van der Waals surface area contributed by atoms with E-state index in [1.165, 1.54) is 0 Å². The number of carboxylic acid groups (broad SMARTS) is 1. The van der Waals surface area contributed by atoms with E-state index < -0.39 is 25.5 Å². The number of hydrogen-bond acceptors (Lipinski definition) is 3. The first-order chi connectivity index (χ1) is 4.16. The van der Waals surface area contributed by atoms with Crippen molar-refractivity contribution in [3.05, 3.63) is 5.21 Å². The van der Waals surface area contributed by atoms with Gasteiger partial charge in [-0.15, -0.1) is 0 Å². The van der Waals surface area contributed by atoms with E-state index in [1.54, 1.807) is 5.75 Å². The molecule has 0 saturated heterocycles. The summed E-state index contributed by atoms with van der Waals surface area (Å²) < 4.78 is 9.57. The Bertz CT molecular complexity index is 195. The molecule has 0 amide bonds. The van der Waals surface area contributed by atoms with Crippen LogP contribution in [-0.4, -0.2) is 17.6 Å². The normalized spacial score (nSPS) is 11.7. The zero-order chi connectivity index (χ0) is 7.28. The van der Waals surface area contributed by atoms with Crippen molar-refractivity contribution in [3.8, 4) is 5.75 Å². The monoisotopic (exact) mass is 149 g/mol. The molecule has 0 aliphatic carbocycles. The molecule has 6 heteroatoms. The Morgan fingerprint density at radius 1 is 1.89 bits per heavy atom. The summed E-state index contributed by atoms with van der Waals surface area (Å²) in [6.45, 7) is -0.644. The number of carbonyl (C=O) groups is 1. The second-order valence-electron chi connectivity index (χ2n) is 1.20. The fraction of sp³-hybridized carbons (Fsp3) is 0.333. The molecule has 1 unspecified atom stereocenters. The molecule has 0 heterocycles. The topological polar surface area (TPSA) is 81.9 Å². The van der Waals surface area contributed by atoms with Crippen LogP contribution in [0.15, 0.2) is 0 Å². The van der Waals surface area contributed by atoms with Gasteiger partial charge in [0.1, 0.15) is 0 Å². The van der Waals surface area contributed by atoms with E-state index in [2.05, 4.69) is 0 Å². The maximum absolute atomic E-state index is 10.2. The van der Waals surface area contributed by atoms with E-state index >= 15 is 0 Å². The summed E-state index contributed by atoms with van der Waals surface area (Å²) in [4.78, 5) is 9.72. The molecule has 0 rings (SSSR count). The van der Waals surface area contributed by atoms with Crippen molar-refractivity contribution in [1.29, 1.82) is 0 Å². The second kappa shape index (κ2) is 4.30. The van der Waals surface area contributed by atoms with Crippen LogP contribution in [0.25, 0.3) is 0 Å². The zero-order valence-electron chi connectivity index (χ0n) is 4.33. The minimum absolute atomic E-state index is 0.568. The van der Waals surface area contributed by atoms with Gasteiger partial charge in [0.25, 0.3) is 0 Å². The van der Waals surface area contributed by atoms with Gasteiger partial charge in [0.15, 0.2) is 0 Å². The van der Waals surface area contributed by atoms with Gasteiger partial charge in [-0.05, 0) is 0 Å². The third-order valence-electron chi connectivity index (χ3n) is 0.482. The zero-order valence-corrected chi connectivity index (χ0v) is 5.22. The van der Waals surface area contributed by atoms with E-state index in [-0.39, 0.29) is 0 Å². The Kier molecular flexibility index (Phi) is 4.01. The number of rotatable bonds is 2. The van der Waals surface area contributed by atoms with Gasteiger partial charge < -0.3 is 0 Å². The van der Waals surface area contributed by atoms with Crippen LogP contribution in [0.4, 0.5) is 0 Å². The molecule has 0 aliphatic heterocycles. The summed E-state index contributed by atoms with van der Waals surface area (Å²) in [7, 11) is -0.568. The molecule has 0 spiro atoms. The average molecular weight is 149 g/mol. The molecule has 9 heavy (non-hydrogen) atoms. The van der Waals surface area contributed by atoms with Gasteiger partial charge in [-0.1, -0.05) is 0 Å². The number of aliphatic carboxylic acids is 1. The number of hydroxylamine groups is 2. The summed E-state index contributed by atoms with van der Waals surface area (Å²) in [5, 5.41) is 17.3. The Morgan fingerprint density at radius 3 is 2.78 bits per heavy atom. The number of quaternary nitrogens is 1. The molecule has 1 atom stereocenters. The quantitative estimate of drug-likeness (QED) is 0.376. The third-order valence-corrected chi connectivity index (χ3v) is 0.823. The maximum atomic E-state index is 10.2. The Hall–Kier alpha value is -0.600. The molecule has 0 fully saturated rings. The molecule has 0 aromatic carbocycles. The summed E-state index contributed by atoms with van der Waals surface area (Å²) in [5.41, 5.74) is 0. The van der Waals surface area contributed by atoms with E-state index in [0.29, 0.717) is 0 Å². The molecule has 0 aliphatic rings. The van der Waals surface area contributed by atoms with Gasteiger partial charge in [-0.25, -0.2) is 0 Å². The van der Waals surface area contributed by atoms with Crippen LogP contribution in [0, 0.1) is 11.0 Å². The predicted molar refractivity (Wildman–Crippen MR) is 28.3 cm³/mol. The van der Waals surface area contributed by atoms with Crippen molar-refractivity contribution >= 4 is 13.9 Å². The van der Waals surface area contributed by atoms with Crippen molar-refractivity contribution < 1.29 is 19.5 Å². The van der Waals surface area contributed by atoms with Crippen molar-refractivity contribution in [1.82, 2.24) is 0 Å². The molecule has 0 bridgehead atoms. The van der Waals surface area contributed by atoms with Crippen LogP contribution < -0.4 is 5.06 Å². The molecule has 0 saturated carbocycles. The first-order valence-electron chi connectivity index (χ1n) is 2.00. The fourth-order valence-corrected chi connectivity index (χ4v) is 0.409. The molecule has 0 aromatic heterocycles. The number of carboxylic acids is 1. The summed E-state index contributed by atoms with van der Waals surface area (Å²) in [6.07, 6.45) is 0. The van der Waals surface area contributed by atoms with Crippen molar-refractivity contribution in [3.63, 3.8) is 0 Å². The van der Waals surface area contributed by atoms with Crippen LogP contribution in [0.5, 0.6) is 0 Å². The van der Waals surface area contributed by atoms with Gasteiger partial charge in [0.2, 0.25) is 0 Å². The SMILES string of the molecule is O=P#C[NH+]([O-])CC(=O)O. The molecule has 0 aromatic rings. The molecule has 2 N–H and O–H groups in total. The number of nitrogens with one attached hydrogen (secondary N) is 1. The Balaban J connectivity index is 3.72. The first kappa shape index (κ1) is 8.40. The molecular formula is C3H4NO4P. The van der Waals surface area contributed by atoms with Crippen LogP contribution in [0.3, 0.4) is 0 Å². The Morgan fingerprint density at radius 2 is 2.44 bits per heavy atom. The first-order valence-corrected chi connectivity index (χ1v) is 2.81. The van der Waals surface area contributed by atoms with E-state index in [4.69, 9.17) is 5.11 Å². The van der Waals surface area contributed by atoms with Gasteiger partial charge >= 0.3 is 50.9 Å². The minimum atomic E-state index is -1.24.